The fourth-order valence-corrected chi connectivity index (χ4v) is 3.32. The van der Waals surface area contributed by atoms with E-state index in [0.29, 0.717) is 13.0 Å². The minimum Gasteiger partial charge on any atom is -0.394 e. The highest BCUT2D eigenvalue weighted by molar-refractivity contribution is 7.89. The van der Waals surface area contributed by atoms with Crippen LogP contribution in [0, 0.1) is 0 Å². The van der Waals surface area contributed by atoms with Crippen molar-refractivity contribution < 1.29 is 13.5 Å². The van der Waals surface area contributed by atoms with Crippen molar-refractivity contribution in [3.8, 4) is 0 Å². The summed E-state index contributed by atoms with van der Waals surface area (Å²) in [5.41, 5.74) is 1.75. The standard InChI is InChI=1S/C17H22N2O3S/c18-23(21,22)17-11-5-4-9-15(17)10-6-12-19-16(13-20)14-7-2-1-3-8-14/h1-5,7-9,11,16,19-20H,6,10,12-13H2,(H2,18,21,22)/t16-/m1/s1. The van der Waals surface area contributed by atoms with Crippen molar-refractivity contribution in [2.45, 2.75) is 23.8 Å². The lowest BCUT2D eigenvalue weighted by Crippen LogP contribution is -2.25. The van der Waals surface area contributed by atoms with Crippen molar-refractivity contribution in [2.75, 3.05) is 13.2 Å². The molecule has 2 rings (SSSR count). The van der Waals surface area contributed by atoms with Gasteiger partial charge in [-0.25, -0.2) is 13.6 Å². The molecule has 0 saturated heterocycles. The molecule has 0 heterocycles. The van der Waals surface area contributed by atoms with Crippen molar-refractivity contribution in [3.63, 3.8) is 0 Å². The largest absolute Gasteiger partial charge is 0.394 e. The number of aliphatic hydroxyl groups excluding tert-OH is 1. The molecule has 5 nitrogen and oxygen atoms in total. The molecule has 2 aromatic carbocycles. The number of nitrogens with one attached hydrogen (secondary N) is 1. The normalized spacial score (nSPS) is 13.0. The van der Waals surface area contributed by atoms with E-state index in [0.717, 1.165) is 17.5 Å². The van der Waals surface area contributed by atoms with Crippen molar-refractivity contribution in [3.05, 3.63) is 65.7 Å². The molecule has 4 N–H and O–H groups in total. The minimum atomic E-state index is -3.69. The Bertz CT molecular complexity index is 718. The summed E-state index contributed by atoms with van der Waals surface area (Å²) in [5.74, 6) is 0. The molecule has 2 aromatic rings. The van der Waals surface area contributed by atoms with E-state index in [2.05, 4.69) is 5.32 Å². The molecule has 23 heavy (non-hydrogen) atoms. The average Bonchev–Trinajstić information content (AvgIpc) is 2.55. The molecular weight excluding hydrogens is 312 g/mol. The summed E-state index contributed by atoms with van der Waals surface area (Å²) in [7, 11) is -3.69. The SMILES string of the molecule is NS(=O)(=O)c1ccccc1CCCN[C@H](CO)c1ccccc1. The van der Waals surface area contributed by atoms with Crippen LogP contribution in [0.3, 0.4) is 0 Å². The van der Waals surface area contributed by atoms with Crippen molar-refractivity contribution in [2.24, 2.45) is 5.14 Å². The van der Waals surface area contributed by atoms with Crippen LogP contribution >= 0.6 is 0 Å². The smallest absolute Gasteiger partial charge is 0.238 e. The van der Waals surface area contributed by atoms with Crippen LogP contribution in [0.4, 0.5) is 0 Å². The maximum Gasteiger partial charge on any atom is 0.238 e. The van der Waals surface area contributed by atoms with Gasteiger partial charge in [-0.1, -0.05) is 48.5 Å². The third-order valence-corrected chi connectivity index (χ3v) is 4.69. The first-order chi connectivity index (χ1) is 11.0. The molecule has 0 aromatic heterocycles. The predicted octanol–water partition coefficient (Wildman–Crippen LogP) is 1.59. The molecular formula is C17H22N2O3S. The first-order valence-corrected chi connectivity index (χ1v) is 9.07. The van der Waals surface area contributed by atoms with Crippen LogP contribution < -0.4 is 10.5 Å². The molecule has 0 fully saturated rings. The molecule has 0 unspecified atom stereocenters. The van der Waals surface area contributed by atoms with Gasteiger partial charge in [0.15, 0.2) is 0 Å². The van der Waals surface area contributed by atoms with Gasteiger partial charge in [0.1, 0.15) is 0 Å². The van der Waals surface area contributed by atoms with Crippen LogP contribution in [0.25, 0.3) is 0 Å². The quantitative estimate of drug-likeness (QED) is 0.639. The zero-order chi connectivity index (χ0) is 16.7. The first kappa shape index (κ1) is 17.6. The molecule has 0 spiro atoms. The van der Waals surface area contributed by atoms with E-state index in [1.165, 1.54) is 6.07 Å². The van der Waals surface area contributed by atoms with Crippen LogP contribution in [-0.4, -0.2) is 26.7 Å². The number of hydrogen-bond acceptors (Lipinski definition) is 4. The molecule has 0 aliphatic rings. The van der Waals surface area contributed by atoms with Gasteiger partial charge < -0.3 is 10.4 Å². The summed E-state index contributed by atoms with van der Waals surface area (Å²) in [6, 6.07) is 16.4. The Morgan fingerprint density at radius 2 is 1.70 bits per heavy atom. The second-order valence-corrected chi connectivity index (χ2v) is 6.89. The Morgan fingerprint density at radius 1 is 1.04 bits per heavy atom. The summed E-state index contributed by atoms with van der Waals surface area (Å²) in [5, 5.41) is 18.0. The van der Waals surface area contributed by atoms with Crippen molar-refractivity contribution >= 4 is 10.0 Å². The first-order valence-electron chi connectivity index (χ1n) is 7.52. The van der Waals surface area contributed by atoms with Gasteiger partial charge in [-0.2, -0.15) is 0 Å². The van der Waals surface area contributed by atoms with E-state index in [1.54, 1.807) is 18.2 Å². The summed E-state index contributed by atoms with van der Waals surface area (Å²) >= 11 is 0. The number of rotatable bonds is 8. The third-order valence-electron chi connectivity index (χ3n) is 3.68. The number of primary sulfonamides is 1. The monoisotopic (exact) mass is 334 g/mol. The maximum absolute atomic E-state index is 11.6. The number of aliphatic hydroxyl groups is 1. The fraction of sp³-hybridized carbons (Fsp3) is 0.294. The highest BCUT2D eigenvalue weighted by atomic mass is 32.2. The Kier molecular flexibility index (Phi) is 6.29. The minimum absolute atomic E-state index is 0.0117. The average molecular weight is 334 g/mol. The summed E-state index contributed by atoms with van der Waals surface area (Å²) < 4.78 is 23.1. The summed E-state index contributed by atoms with van der Waals surface area (Å²) in [4.78, 5) is 0.182. The Morgan fingerprint density at radius 3 is 2.35 bits per heavy atom. The van der Waals surface area contributed by atoms with E-state index >= 15 is 0 Å². The molecule has 1 atom stereocenters. The van der Waals surface area contributed by atoms with E-state index < -0.39 is 10.0 Å². The van der Waals surface area contributed by atoms with Gasteiger partial charge in [0.05, 0.1) is 17.5 Å². The van der Waals surface area contributed by atoms with E-state index in [1.807, 2.05) is 30.3 Å². The lowest BCUT2D eigenvalue weighted by atomic mass is 10.1. The van der Waals surface area contributed by atoms with Gasteiger partial charge >= 0.3 is 0 Å². The van der Waals surface area contributed by atoms with Crippen LogP contribution in [0.1, 0.15) is 23.6 Å². The second kappa shape index (κ2) is 8.21. The topological polar surface area (TPSA) is 92.4 Å². The Balaban J connectivity index is 1.91. The van der Waals surface area contributed by atoms with Crippen molar-refractivity contribution in [1.82, 2.24) is 5.32 Å². The van der Waals surface area contributed by atoms with Gasteiger partial charge in [-0.3, -0.25) is 0 Å². The number of nitrogens with two attached hydrogens (primary N) is 1. The summed E-state index contributed by atoms with van der Waals surface area (Å²) in [6.07, 6.45) is 1.35. The molecule has 0 aliphatic carbocycles. The zero-order valence-corrected chi connectivity index (χ0v) is 13.7. The van der Waals surface area contributed by atoms with Gasteiger partial charge in [0.2, 0.25) is 10.0 Å². The number of hydrogen-bond donors (Lipinski definition) is 3. The van der Waals surface area contributed by atoms with Gasteiger partial charge in [-0.05, 0) is 36.6 Å². The predicted molar refractivity (Wildman–Crippen MR) is 90.4 cm³/mol. The number of benzene rings is 2. The maximum atomic E-state index is 11.6. The highest BCUT2D eigenvalue weighted by Gasteiger charge is 2.13. The summed E-state index contributed by atoms with van der Waals surface area (Å²) in [6.45, 7) is 0.677. The Hall–Kier alpha value is -1.73. The van der Waals surface area contributed by atoms with Crippen molar-refractivity contribution in [1.29, 1.82) is 0 Å². The van der Waals surface area contributed by atoms with Gasteiger partial charge in [-0.15, -0.1) is 0 Å². The Labute approximate surface area is 137 Å². The highest BCUT2D eigenvalue weighted by Crippen LogP contribution is 2.16. The van der Waals surface area contributed by atoms with E-state index in [4.69, 9.17) is 5.14 Å². The number of sulfonamides is 1. The lowest BCUT2D eigenvalue weighted by Gasteiger charge is -2.17. The van der Waals surface area contributed by atoms with E-state index in [9.17, 15) is 13.5 Å². The van der Waals surface area contributed by atoms with Gasteiger partial charge in [0, 0.05) is 0 Å². The molecule has 0 radical (unpaired) electrons. The molecule has 0 aliphatic heterocycles. The van der Waals surface area contributed by atoms with Crippen LogP contribution in [0.5, 0.6) is 0 Å². The van der Waals surface area contributed by atoms with Crippen LogP contribution in [0.15, 0.2) is 59.5 Å². The second-order valence-electron chi connectivity index (χ2n) is 5.36. The fourth-order valence-electron chi connectivity index (χ4n) is 2.52. The molecule has 0 saturated carbocycles. The molecule has 124 valence electrons. The van der Waals surface area contributed by atoms with Crippen LogP contribution in [0.2, 0.25) is 0 Å². The van der Waals surface area contributed by atoms with Gasteiger partial charge in [0.25, 0.3) is 0 Å². The zero-order valence-electron chi connectivity index (χ0n) is 12.9. The third kappa shape index (κ3) is 5.14. The van der Waals surface area contributed by atoms with E-state index in [-0.39, 0.29) is 17.5 Å². The lowest BCUT2D eigenvalue weighted by molar-refractivity contribution is 0.244. The molecule has 0 bridgehead atoms. The van der Waals surface area contributed by atoms with Crippen LogP contribution in [-0.2, 0) is 16.4 Å². The molecule has 6 heteroatoms. The molecule has 0 amide bonds. The number of aryl methyl sites for hydroxylation is 1.